The second kappa shape index (κ2) is 3.67. The molecule has 2 aromatic heterocycles. The Hall–Kier alpha value is -1.77. The maximum absolute atomic E-state index is 13.1. The third-order valence-electron chi connectivity index (χ3n) is 3.00. The van der Waals surface area contributed by atoms with Crippen LogP contribution in [0.25, 0.3) is 11.1 Å². The third-order valence-corrected chi connectivity index (χ3v) is 3.00. The SMILES string of the molecule is Fc1cncc(-c2ccnc3c2CCC3)c1. The summed E-state index contributed by atoms with van der Waals surface area (Å²) in [6, 6.07) is 3.47. The fourth-order valence-corrected chi connectivity index (χ4v) is 2.29. The lowest BCUT2D eigenvalue weighted by Crippen LogP contribution is -1.92. The molecule has 0 aliphatic heterocycles. The van der Waals surface area contributed by atoms with Crippen molar-refractivity contribution < 1.29 is 4.39 Å². The zero-order chi connectivity index (χ0) is 11.0. The Balaban J connectivity index is 2.17. The van der Waals surface area contributed by atoms with Crippen LogP contribution < -0.4 is 0 Å². The minimum absolute atomic E-state index is 0.291. The van der Waals surface area contributed by atoms with Crippen molar-refractivity contribution in [3.05, 3.63) is 47.8 Å². The largest absolute Gasteiger partial charge is 0.261 e. The average molecular weight is 214 g/mol. The molecule has 1 aliphatic rings. The molecule has 0 spiro atoms. The monoisotopic (exact) mass is 214 g/mol. The molecule has 1 aliphatic carbocycles. The summed E-state index contributed by atoms with van der Waals surface area (Å²) in [6.07, 6.45) is 7.94. The van der Waals surface area contributed by atoms with Crippen LogP contribution in [-0.2, 0) is 12.8 Å². The topological polar surface area (TPSA) is 25.8 Å². The molecule has 3 heteroatoms. The number of nitrogens with zero attached hydrogens (tertiary/aromatic N) is 2. The highest BCUT2D eigenvalue weighted by molar-refractivity contribution is 5.67. The van der Waals surface area contributed by atoms with Gasteiger partial charge in [-0.25, -0.2) is 4.39 Å². The van der Waals surface area contributed by atoms with Gasteiger partial charge >= 0.3 is 0 Å². The molecular weight excluding hydrogens is 203 g/mol. The fraction of sp³-hybridized carbons (Fsp3) is 0.231. The molecule has 2 heterocycles. The van der Waals surface area contributed by atoms with Gasteiger partial charge in [-0.1, -0.05) is 0 Å². The molecule has 80 valence electrons. The van der Waals surface area contributed by atoms with E-state index in [1.54, 1.807) is 12.4 Å². The minimum Gasteiger partial charge on any atom is -0.261 e. The van der Waals surface area contributed by atoms with Crippen LogP contribution in [0.4, 0.5) is 4.39 Å². The van der Waals surface area contributed by atoms with Gasteiger partial charge in [-0.3, -0.25) is 9.97 Å². The Labute approximate surface area is 93.2 Å². The number of halogens is 1. The van der Waals surface area contributed by atoms with Gasteiger partial charge in [-0.05, 0) is 42.5 Å². The summed E-state index contributed by atoms with van der Waals surface area (Å²) in [5.41, 5.74) is 4.34. The van der Waals surface area contributed by atoms with Crippen LogP contribution in [0, 0.1) is 5.82 Å². The summed E-state index contributed by atoms with van der Waals surface area (Å²) in [4.78, 5) is 8.24. The lowest BCUT2D eigenvalue weighted by molar-refractivity contribution is 0.622. The van der Waals surface area contributed by atoms with Crippen LogP contribution in [0.2, 0.25) is 0 Å². The summed E-state index contributed by atoms with van der Waals surface area (Å²) in [7, 11) is 0. The first-order chi connectivity index (χ1) is 7.84. The average Bonchev–Trinajstić information content (AvgIpc) is 2.76. The minimum atomic E-state index is -0.291. The van der Waals surface area contributed by atoms with Crippen molar-refractivity contribution in [2.45, 2.75) is 19.3 Å². The number of rotatable bonds is 1. The molecule has 0 amide bonds. The normalized spacial score (nSPS) is 13.8. The van der Waals surface area contributed by atoms with Crippen molar-refractivity contribution in [3.8, 4) is 11.1 Å². The van der Waals surface area contributed by atoms with E-state index in [9.17, 15) is 4.39 Å². The number of hydrogen-bond donors (Lipinski definition) is 0. The lowest BCUT2D eigenvalue weighted by atomic mass is 10.0. The number of pyridine rings is 2. The summed E-state index contributed by atoms with van der Waals surface area (Å²) in [5, 5.41) is 0. The molecule has 0 saturated carbocycles. The highest BCUT2D eigenvalue weighted by atomic mass is 19.1. The Morgan fingerprint density at radius 1 is 1.19 bits per heavy atom. The Morgan fingerprint density at radius 3 is 3.00 bits per heavy atom. The number of fused-ring (bicyclic) bond motifs is 1. The molecule has 2 nitrogen and oxygen atoms in total. The standard InChI is InChI=1S/C13H11FN2/c14-10-6-9(7-15-8-10)11-4-5-16-13-3-1-2-12(11)13/h4-8H,1-3H2. The first-order valence-corrected chi connectivity index (χ1v) is 5.42. The maximum Gasteiger partial charge on any atom is 0.142 e. The van der Waals surface area contributed by atoms with Crippen LogP contribution in [-0.4, -0.2) is 9.97 Å². The molecule has 0 fully saturated rings. The molecule has 0 unspecified atom stereocenters. The third kappa shape index (κ3) is 1.48. The maximum atomic E-state index is 13.1. The highest BCUT2D eigenvalue weighted by Crippen LogP contribution is 2.30. The van der Waals surface area contributed by atoms with E-state index in [4.69, 9.17) is 0 Å². The van der Waals surface area contributed by atoms with Crippen LogP contribution in [0.3, 0.4) is 0 Å². The van der Waals surface area contributed by atoms with Crippen molar-refractivity contribution in [2.24, 2.45) is 0 Å². The lowest BCUT2D eigenvalue weighted by Gasteiger charge is -2.07. The quantitative estimate of drug-likeness (QED) is 0.729. The van der Waals surface area contributed by atoms with E-state index in [2.05, 4.69) is 9.97 Å². The second-order valence-corrected chi connectivity index (χ2v) is 4.03. The van der Waals surface area contributed by atoms with Gasteiger partial charge < -0.3 is 0 Å². The van der Waals surface area contributed by atoms with Gasteiger partial charge in [0.1, 0.15) is 5.82 Å². The summed E-state index contributed by atoms with van der Waals surface area (Å²) in [6.45, 7) is 0. The smallest absolute Gasteiger partial charge is 0.142 e. The van der Waals surface area contributed by atoms with Gasteiger partial charge in [0.15, 0.2) is 0 Å². The fourth-order valence-electron chi connectivity index (χ4n) is 2.29. The molecule has 16 heavy (non-hydrogen) atoms. The van der Waals surface area contributed by atoms with Crippen molar-refractivity contribution in [1.29, 1.82) is 0 Å². The van der Waals surface area contributed by atoms with Crippen molar-refractivity contribution in [2.75, 3.05) is 0 Å². The zero-order valence-corrected chi connectivity index (χ0v) is 8.78. The van der Waals surface area contributed by atoms with Gasteiger partial charge in [0, 0.05) is 23.7 Å². The summed E-state index contributed by atoms with van der Waals surface area (Å²) >= 11 is 0. The first kappa shape index (κ1) is 9.46. The van der Waals surface area contributed by atoms with Gasteiger partial charge in [0.25, 0.3) is 0 Å². The van der Waals surface area contributed by atoms with Crippen molar-refractivity contribution in [1.82, 2.24) is 9.97 Å². The number of aryl methyl sites for hydroxylation is 1. The molecular formula is C13H11FN2. The molecule has 0 bridgehead atoms. The molecule has 0 N–H and O–H groups in total. The summed E-state index contributed by atoms with van der Waals surface area (Å²) in [5.74, 6) is -0.291. The van der Waals surface area contributed by atoms with Crippen LogP contribution in [0.1, 0.15) is 17.7 Å². The Kier molecular flexibility index (Phi) is 2.17. The van der Waals surface area contributed by atoms with Crippen molar-refractivity contribution in [3.63, 3.8) is 0 Å². The summed E-state index contributed by atoms with van der Waals surface area (Å²) < 4.78 is 13.1. The molecule has 0 aromatic carbocycles. The van der Waals surface area contributed by atoms with Crippen molar-refractivity contribution >= 4 is 0 Å². The number of hydrogen-bond acceptors (Lipinski definition) is 2. The van der Waals surface area contributed by atoms with E-state index in [0.717, 1.165) is 36.1 Å². The molecule has 2 aromatic rings. The predicted molar refractivity (Wildman–Crippen MR) is 59.5 cm³/mol. The van der Waals surface area contributed by atoms with E-state index in [1.807, 2.05) is 6.07 Å². The first-order valence-electron chi connectivity index (χ1n) is 5.42. The molecule has 0 saturated heterocycles. The van der Waals surface area contributed by atoms with Crippen LogP contribution in [0.5, 0.6) is 0 Å². The second-order valence-electron chi connectivity index (χ2n) is 4.03. The zero-order valence-electron chi connectivity index (χ0n) is 8.78. The van der Waals surface area contributed by atoms with E-state index < -0.39 is 0 Å². The Morgan fingerprint density at radius 2 is 2.12 bits per heavy atom. The Bertz CT molecular complexity index is 537. The van der Waals surface area contributed by atoms with E-state index in [-0.39, 0.29) is 5.82 Å². The molecule has 0 atom stereocenters. The van der Waals surface area contributed by atoms with Gasteiger partial charge in [0.2, 0.25) is 0 Å². The van der Waals surface area contributed by atoms with Gasteiger partial charge in [-0.15, -0.1) is 0 Å². The highest BCUT2D eigenvalue weighted by Gasteiger charge is 2.16. The number of aromatic nitrogens is 2. The predicted octanol–water partition coefficient (Wildman–Crippen LogP) is 2.77. The van der Waals surface area contributed by atoms with E-state index >= 15 is 0 Å². The van der Waals surface area contributed by atoms with E-state index in [0.29, 0.717) is 0 Å². The molecule has 0 radical (unpaired) electrons. The van der Waals surface area contributed by atoms with Gasteiger partial charge in [0.05, 0.1) is 6.20 Å². The van der Waals surface area contributed by atoms with Gasteiger partial charge in [-0.2, -0.15) is 0 Å². The molecule has 3 rings (SSSR count). The van der Waals surface area contributed by atoms with Crippen LogP contribution >= 0.6 is 0 Å². The van der Waals surface area contributed by atoms with E-state index in [1.165, 1.54) is 17.8 Å². The van der Waals surface area contributed by atoms with Crippen LogP contribution in [0.15, 0.2) is 30.7 Å².